The van der Waals surface area contributed by atoms with Gasteiger partial charge in [-0.1, -0.05) is 18.2 Å². The number of hydrogen-bond donors (Lipinski definition) is 1. The number of sulfonamides is 1. The number of halogens is 4. The third-order valence-corrected chi connectivity index (χ3v) is 8.22. The number of alkyl halides is 3. The second-order valence-electron chi connectivity index (χ2n) is 8.88. The molecule has 11 heteroatoms. The summed E-state index contributed by atoms with van der Waals surface area (Å²) in [5, 5.41) is 14.6. The number of fused-ring (bicyclic) bond motifs is 1. The van der Waals surface area contributed by atoms with Gasteiger partial charge in [0.2, 0.25) is 0 Å². The molecule has 0 bridgehead atoms. The highest BCUT2D eigenvalue weighted by Crippen LogP contribution is 2.42. The first kappa shape index (κ1) is 25.9. The lowest BCUT2D eigenvalue weighted by Gasteiger charge is -2.38. The summed E-state index contributed by atoms with van der Waals surface area (Å²) >= 11 is 0. The topological polar surface area (TPSA) is 75.4 Å². The number of hydrogen-bond acceptors (Lipinski definition) is 4. The number of nitrogens with zero attached hydrogens (tertiary/aromatic N) is 3. The standard InChI is InChI=1S/C25H25F4N3O3S/c1-3-13-31-14-12-20(30-31)16-21-8-4-17-15-18(24(2,33)25(27,28)29)5-11-23(17)32(21)36(34,35)22-9-6-19(26)7-10-22/h3,5-7,9-12,14-15,21,33H,1,4,8,13,16H2,2H3/t21-,24?/m0/s1. The van der Waals surface area contributed by atoms with Crippen molar-refractivity contribution in [1.29, 1.82) is 0 Å². The Labute approximate surface area is 206 Å². The Balaban J connectivity index is 1.79. The van der Waals surface area contributed by atoms with Crippen LogP contribution in [0.3, 0.4) is 0 Å². The number of benzene rings is 2. The van der Waals surface area contributed by atoms with Crippen molar-refractivity contribution >= 4 is 15.7 Å². The lowest BCUT2D eigenvalue weighted by molar-refractivity contribution is -0.258. The summed E-state index contributed by atoms with van der Waals surface area (Å²) in [6.07, 6.45) is -0.636. The molecule has 2 aromatic carbocycles. The van der Waals surface area contributed by atoms with Crippen molar-refractivity contribution in [3.05, 3.63) is 90.0 Å². The van der Waals surface area contributed by atoms with Crippen molar-refractivity contribution in [3.63, 3.8) is 0 Å². The van der Waals surface area contributed by atoms with Crippen molar-refractivity contribution in [3.8, 4) is 0 Å². The lowest BCUT2D eigenvalue weighted by atomic mass is 9.89. The van der Waals surface area contributed by atoms with E-state index in [-0.39, 0.29) is 22.6 Å². The summed E-state index contributed by atoms with van der Waals surface area (Å²) < 4.78 is 84.1. The summed E-state index contributed by atoms with van der Waals surface area (Å²) in [5.41, 5.74) is -2.27. The largest absolute Gasteiger partial charge is 0.421 e. The summed E-state index contributed by atoms with van der Waals surface area (Å²) in [6, 6.07) is 9.12. The molecule has 1 N–H and O–H groups in total. The Hall–Kier alpha value is -3.18. The summed E-state index contributed by atoms with van der Waals surface area (Å²) in [7, 11) is -4.21. The van der Waals surface area contributed by atoms with Gasteiger partial charge in [-0.25, -0.2) is 12.8 Å². The maximum Gasteiger partial charge on any atom is 0.421 e. The zero-order valence-electron chi connectivity index (χ0n) is 19.4. The number of rotatable bonds is 7. The molecule has 0 saturated carbocycles. The van der Waals surface area contributed by atoms with Gasteiger partial charge in [-0.2, -0.15) is 18.3 Å². The van der Waals surface area contributed by atoms with Crippen LogP contribution >= 0.6 is 0 Å². The summed E-state index contributed by atoms with van der Waals surface area (Å²) in [4.78, 5) is -0.148. The van der Waals surface area contributed by atoms with E-state index in [2.05, 4.69) is 11.7 Å². The quantitative estimate of drug-likeness (QED) is 0.359. The Morgan fingerprint density at radius 2 is 1.86 bits per heavy atom. The highest BCUT2D eigenvalue weighted by molar-refractivity contribution is 7.92. The third-order valence-electron chi connectivity index (χ3n) is 6.34. The minimum Gasteiger partial charge on any atom is -0.376 e. The van der Waals surface area contributed by atoms with Crippen LogP contribution in [0.4, 0.5) is 23.2 Å². The van der Waals surface area contributed by atoms with Gasteiger partial charge >= 0.3 is 6.18 Å². The zero-order chi connectivity index (χ0) is 26.3. The maximum absolute atomic E-state index is 13.7. The first-order chi connectivity index (χ1) is 16.8. The second-order valence-corrected chi connectivity index (χ2v) is 10.7. The number of aromatic nitrogens is 2. The van der Waals surface area contributed by atoms with E-state index < -0.39 is 33.7 Å². The Morgan fingerprint density at radius 1 is 1.17 bits per heavy atom. The fraction of sp³-hybridized carbons (Fsp3) is 0.320. The van der Waals surface area contributed by atoms with Crippen LogP contribution in [0.2, 0.25) is 0 Å². The van der Waals surface area contributed by atoms with Crippen LogP contribution < -0.4 is 4.31 Å². The molecule has 0 amide bonds. The van der Waals surface area contributed by atoms with E-state index in [9.17, 15) is 31.1 Å². The van der Waals surface area contributed by atoms with Crippen LogP contribution in [0.25, 0.3) is 0 Å². The van der Waals surface area contributed by atoms with E-state index in [0.717, 1.165) is 30.3 Å². The van der Waals surface area contributed by atoms with Gasteiger partial charge in [0.25, 0.3) is 10.0 Å². The van der Waals surface area contributed by atoms with Gasteiger partial charge in [0, 0.05) is 12.6 Å². The van der Waals surface area contributed by atoms with E-state index in [0.29, 0.717) is 37.6 Å². The molecule has 3 aromatic rings. The van der Waals surface area contributed by atoms with Gasteiger partial charge in [-0.15, -0.1) is 6.58 Å². The molecule has 1 aromatic heterocycles. The second kappa shape index (κ2) is 9.36. The number of aryl methyl sites for hydroxylation is 1. The molecule has 1 unspecified atom stereocenters. The molecule has 1 aliphatic heterocycles. The monoisotopic (exact) mass is 523 g/mol. The first-order valence-corrected chi connectivity index (χ1v) is 12.6. The predicted molar refractivity (Wildman–Crippen MR) is 126 cm³/mol. The van der Waals surface area contributed by atoms with Crippen molar-refractivity contribution in [2.75, 3.05) is 4.31 Å². The molecule has 0 aliphatic carbocycles. The molecule has 2 heterocycles. The molecule has 36 heavy (non-hydrogen) atoms. The molecule has 1 aliphatic rings. The van der Waals surface area contributed by atoms with Crippen molar-refractivity contribution in [1.82, 2.24) is 9.78 Å². The van der Waals surface area contributed by atoms with E-state index in [1.165, 1.54) is 16.4 Å². The van der Waals surface area contributed by atoms with Crippen LogP contribution in [-0.2, 0) is 35.0 Å². The van der Waals surface area contributed by atoms with Crippen molar-refractivity contribution in [2.24, 2.45) is 0 Å². The van der Waals surface area contributed by atoms with Gasteiger partial charge in [-0.05, 0) is 67.3 Å². The van der Waals surface area contributed by atoms with Crippen LogP contribution in [0.15, 0.2) is 72.3 Å². The van der Waals surface area contributed by atoms with Crippen molar-refractivity contribution in [2.45, 2.75) is 55.4 Å². The van der Waals surface area contributed by atoms with Gasteiger partial charge in [-0.3, -0.25) is 8.99 Å². The third kappa shape index (κ3) is 4.77. The normalized spacial score (nSPS) is 17.9. The number of allylic oxidation sites excluding steroid dienone is 1. The maximum atomic E-state index is 13.7. The molecule has 192 valence electrons. The fourth-order valence-electron chi connectivity index (χ4n) is 4.32. The fourth-order valence-corrected chi connectivity index (χ4v) is 6.04. The van der Waals surface area contributed by atoms with Crippen LogP contribution in [0, 0.1) is 5.82 Å². The Morgan fingerprint density at radius 3 is 2.50 bits per heavy atom. The molecule has 0 spiro atoms. The van der Waals surface area contributed by atoms with E-state index in [1.807, 2.05) is 0 Å². The van der Waals surface area contributed by atoms with Gasteiger partial charge in [0.15, 0.2) is 5.60 Å². The van der Waals surface area contributed by atoms with Crippen molar-refractivity contribution < 1.29 is 31.1 Å². The molecule has 2 atom stereocenters. The van der Waals surface area contributed by atoms with Gasteiger partial charge < -0.3 is 5.11 Å². The average molecular weight is 524 g/mol. The Bertz CT molecular complexity index is 1370. The first-order valence-electron chi connectivity index (χ1n) is 11.2. The highest BCUT2D eigenvalue weighted by Gasteiger charge is 2.51. The number of anilines is 1. The molecule has 6 nitrogen and oxygen atoms in total. The predicted octanol–water partition coefficient (Wildman–Crippen LogP) is 4.73. The van der Waals surface area contributed by atoms with Crippen LogP contribution in [-0.4, -0.2) is 35.5 Å². The van der Waals surface area contributed by atoms with Crippen LogP contribution in [0.5, 0.6) is 0 Å². The minimum atomic E-state index is -4.91. The highest BCUT2D eigenvalue weighted by atomic mass is 32.2. The average Bonchev–Trinajstić information content (AvgIpc) is 3.25. The minimum absolute atomic E-state index is 0.148. The van der Waals surface area contributed by atoms with E-state index >= 15 is 0 Å². The SMILES string of the molecule is C=CCn1ccc(C[C@@H]2CCc3cc(C(C)(O)C(F)(F)F)ccc3N2S(=O)(=O)c2ccc(F)cc2)n1. The molecule has 0 radical (unpaired) electrons. The molecule has 0 fully saturated rings. The smallest absolute Gasteiger partial charge is 0.376 e. The Kier molecular flexibility index (Phi) is 6.74. The van der Waals surface area contributed by atoms with E-state index in [4.69, 9.17) is 0 Å². The van der Waals surface area contributed by atoms with Gasteiger partial charge in [0.1, 0.15) is 5.82 Å². The molecular weight excluding hydrogens is 498 g/mol. The number of aliphatic hydroxyl groups is 1. The lowest BCUT2D eigenvalue weighted by Crippen LogP contribution is -2.45. The van der Waals surface area contributed by atoms with Crippen LogP contribution in [0.1, 0.15) is 30.2 Å². The summed E-state index contributed by atoms with van der Waals surface area (Å²) in [5.74, 6) is -0.601. The zero-order valence-corrected chi connectivity index (χ0v) is 20.2. The molecule has 4 rings (SSSR count). The van der Waals surface area contributed by atoms with Gasteiger partial charge in [0.05, 0.1) is 28.9 Å². The molecule has 0 saturated heterocycles. The van der Waals surface area contributed by atoms with E-state index in [1.54, 1.807) is 23.0 Å². The summed E-state index contributed by atoms with van der Waals surface area (Å²) in [6.45, 7) is 4.81. The molecular formula is C25H25F4N3O3S.